The summed E-state index contributed by atoms with van der Waals surface area (Å²) in [4.78, 5) is 0. The molecular formula is C11H22N2. The fourth-order valence-electron chi connectivity index (χ4n) is 2.69. The maximum Gasteiger partial charge on any atom is 0.0195 e. The highest BCUT2D eigenvalue weighted by Gasteiger charge is 2.24. The molecule has 0 bridgehead atoms. The molecule has 3 atom stereocenters. The minimum absolute atomic E-state index is 0.754. The first-order chi connectivity index (χ1) is 6.34. The second kappa shape index (κ2) is 4.43. The molecule has 0 aromatic rings. The quantitative estimate of drug-likeness (QED) is 0.676. The summed E-state index contributed by atoms with van der Waals surface area (Å²) >= 11 is 0. The van der Waals surface area contributed by atoms with Crippen LogP contribution in [0.5, 0.6) is 0 Å². The molecule has 2 nitrogen and oxygen atoms in total. The summed E-state index contributed by atoms with van der Waals surface area (Å²) in [6.45, 7) is 4.78. The van der Waals surface area contributed by atoms with Crippen molar-refractivity contribution in [2.24, 2.45) is 5.92 Å². The summed E-state index contributed by atoms with van der Waals surface area (Å²) in [5, 5.41) is 7.24. The van der Waals surface area contributed by atoms with Gasteiger partial charge in [-0.1, -0.05) is 6.92 Å². The van der Waals surface area contributed by atoms with Gasteiger partial charge in [0, 0.05) is 18.6 Å². The van der Waals surface area contributed by atoms with Gasteiger partial charge in [0.25, 0.3) is 0 Å². The van der Waals surface area contributed by atoms with Gasteiger partial charge in [-0.15, -0.1) is 0 Å². The van der Waals surface area contributed by atoms with E-state index >= 15 is 0 Å². The van der Waals surface area contributed by atoms with Gasteiger partial charge in [-0.3, -0.25) is 0 Å². The molecule has 1 aliphatic carbocycles. The highest BCUT2D eigenvalue weighted by atomic mass is 15.0. The lowest BCUT2D eigenvalue weighted by Crippen LogP contribution is -2.46. The maximum atomic E-state index is 3.79. The molecule has 1 heterocycles. The highest BCUT2D eigenvalue weighted by molar-refractivity contribution is 4.84. The smallest absolute Gasteiger partial charge is 0.0195 e. The van der Waals surface area contributed by atoms with Crippen LogP contribution in [0.4, 0.5) is 0 Å². The van der Waals surface area contributed by atoms with Crippen LogP contribution in [0.3, 0.4) is 0 Å². The predicted molar refractivity (Wildman–Crippen MR) is 55.8 cm³/mol. The van der Waals surface area contributed by atoms with E-state index in [0.717, 1.165) is 18.0 Å². The molecule has 0 radical (unpaired) electrons. The Morgan fingerprint density at radius 3 is 2.69 bits per heavy atom. The minimum atomic E-state index is 0.754. The molecule has 2 aliphatic rings. The van der Waals surface area contributed by atoms with Crippen LogP contribution in [0.15, 0.2) is 0 Å². The third-order valence-electron chi connectivity index (χ3n) is 3.46. The van der Waals surface area contributed by atoms with Gasteiger partial charge in [0.2, 0.25) is 0 Å². The molecule has 3 unspecified atom stereocenters. The SMILES string of the molecule is CC1CCC(NC2CCCNC2)C1. The molecule has 2 heteroatoms. The summed E-state index contributed by atoms with van der Waals surface area (Å²) in [6.07, 6.45) is 6.95. The van der Waals surface area contributed by atoms with Crippen LogP contribution in [-0.2, 0) is 0 Å². The van der Waals surface area contributed by atoms with Crippen LogP contribution in [0.25, 0.3) is 0 Å². The zero-order valence-electron chi connectivity index (χ0n) is 8.68. The van der Waals surface area contributed by atoms with Crippen molar-refractivity contribution in [1.29, 1.82) is 0 Å². The fraction of sp³-hybridized carbons (Fsp3) is 1.00. The molecule has 2 rings (SSSR count). The molecule has 1 aliphatic heterocycles. The summed E-state index contributed by atoms with van der Waals surface area (Å²) in [5.74, 6) is 0.953. The van der Waals surface area contributed by atoms with Gasteiger partial charge in [-0.25, -0.2) is 0 Å². The number of nitrogens with one attached hydrogen (secondary N) is 2. The number of rotatable bonds is 2. The van der Waals surface area contributed by atoms with Gasteiger partial charge in [-0.2, -0.15) is 0 Å². The van der Waals surface area contributed by atoms with Crippen LogP contribution in [0.2, 0.25) is 0 Å². The van der Waals surface area contributed by atoms with Gasteiger partial charge in [-0.05, 0) is 44.6 Å². The second-order valence-electron chi connectivity index (χ2n) is 4.83. The van der Waals surface area contributed by atoms with Crippen molar-refractivity contribution in [2.75, 3.05) is 13.1 Å². The monoisotopic (exact) mass is 182 g/mol. The lowest BCUT2D eigenvalue weighted by molar-refractivity contribution is 0.348. The summed E-state index contributed by atoms with van der Waals surface area (Å²) < 4.78 is 0. The zero-order valence-corrected chi connectivity index (χ0v) is 8.68. The van der Waals surface area contributed by atoms with E-state index < -0.39 is 0 Å². The Balaban J connectivity index is 1.71. The fourth-order valence-corrected chi connectivity index (χ4v) is 2.69. The molecule has 0 aromatic carbocycles. The Morgan fingerprint density at radius 2 is 2.08 bits per heavy atom. The van der Waals surface area contributed by atoms with Crippen LogP contribution >= 0.6 is 0 Å². The first kappa shape index (κ1) is 9.47. The van der Waals surface area contributed by atoms with Gasteiger partial charge in [0.15, 0.2) is 0 Å². The van der Waals surface area contributed by atoms with Crippen molar-refractivity contribution in [2.45, 2.75) is 51.1 Å². The molecule has 0 amide bonds. The molecule has 13 heavy (non-hydrogen) atoms. The first-order valence-corrected chi connectivity index (χ1v) is 5.81. The molecule has 2 fully saturated rings. The highest BCUT2D eigenvalue weighted by Crippen LogP contribution is 2.25. The third-order valence-corrected chi connectivity index (χ3v) is 3.46. The molecular weight excluding hydrogens is 160 g/mol. The normalized spacial score (nSPS) is 40.8. The van der Waals surface area contributed by atoms with E-state index in [-0.39, 0.29) is 0 Å². The summed E-state index contributed by atoms with van der Waals surface area (Å²) in [5.41, 5.74) is 0. The molecule has 0 spiro atoms. The van der Waals surface area contributed by atoms with Crippen LogP contribution in [0.1, 0.15) is 39.0 Å². The van der Waals surface area contributed by atoms with E-state index in [4.69, 9.17) is 0 Å². The number of hydrogen-bond acceptors (Lipinski definition) is 2. The van der Waals surface area contributed by atoms with Crippen molar-refractivity contribution in [3.05, 3.63) is 0 Å². The average molecular weight is 182 g/mol. The zero-order chi connectivity index (χ0) is 9.10. The summed E-state index contributed by atoms with van der Waals surface area (Å²) in [7, 11) is 0. The van der Waals surface area contributed by atoms with Gasteiger partial charge in [0.05, 0.1) is 0 Å². The topological polar surface area (TPSA) is 24.1 Å². The average Bonchev–Trinajstić information content (AvgIpc) is 2.53. The van der Waals surface area contributed by atoms with Crippen molar-refractivity contribution in [3.8, 4) is 0 Å². The largest absolute Gasteiger partial charge is 0.315 e. The van der Waals surface area contributed by atoms with Gasteiger partial charge in [0.1, 0.15) is 0 Å². The lowest BCUT2D eigenvalue weighted by atomic mass is 10.1. The van der Waals surface area contributed by atoms with E-state index in [1.165, 1.54) is 45.2 Å². The first-order valence-electron chi connectivity index (χ1n) is 5.81. The predicted octanol–water partition coefficient (Wildman–Crippen LogP) is 1.52. The van der Waals surface area contributed by atoms with Crippen molar-refractivity contribution < 1.29 is 0 Å². The molecule has 0 aromatic heterocycles. The number of piperidine rings is 1. The maximum absolute atomic E-state index is 3.79. The van der Waals surface area contributed by atoms with Crippen molar-refractivity contribution >= 4 is 0 Å². The van der Waals surface area contributed by atoms with E-state index in [1.807, 2.05) is 0 Å². The van der Waals surface area contributed by atoms with Gasteiger partial charge < -0.3 is 10.6 Å². The van der Waals surface area contributed by atoms with Crippen LogP contribution in [0, 0.1) is 5.92 Å². The summed E-state index contributed by atoms with van der Waals surface area (Å²) in [6, 6.07) is 1.57. The number of hydrogen-bond donors (Lipinski definition) is 2. The minimum Gasteiger partial charge on any atom is -0.315 e. The van der Waals surface area contributed by atoms with Crippen molar-refractivity contribution in [1.82, 2.24) is 10.6 Å². The molecule has 2 N–H and O–H groups in total. The van der Waals surface area contributed by atoms with E-state index in [1.54, 1.807) is 0 Å². The molecule has 1 saturated carbocycles. The third kappa shape index (κ3) is 2.68. The van der Waals surface area contributed by atoms with Crippen LogP contribution in [-0.4, -0.2) is 25.2 Å². The standard InChI is InChI=1S/C11H22N2/c1-9-4-5-10(7-9)13-11-3-2-6-12-8-11/h9-13H,2-8H2,1H3. The van der Waals surface area contributed by atoms with Gasteiger partial charge >= 0.3 is 0 Å². The van der Waals surface area contributed by atoms with E-state index in [9.17, 15) is 0 Å². The second-order valence-corrected chi connectivity index (χ2v) is 4.83. The molecule has 76 valence electrons. The Bertz CT molecular complexity index is 149. The Kier molecular flexibility index (Phi) is 3.23. The Hall–Kier alpha value is -0.0800. The Labute approximate surface area is 81.5 Å². The van der Waals surface area contributed by atoms with E-state index in [0.29, 0.717) is 0 Å². The lowest BCUT2D eigenvalue weighted by Gasteiger charge is -2.27. The van der Waals surface area contributed by atoms with E-state index in [2.05, 4.69) is 17.6 Å². The van der Waals surface area contributed by atoms with Crippen LogP contribution < -0.4 is 10.6 Å². The Morgan fingerprint density at radius 1 is 1.15 bits per heavy atom. The molecule has 1 saturated heterocycles. The van der Waals surface area contributed by atoms with Crippen molar-refractivity contribution in [3.63, 3.8) is 0 Å².